The van der Waals surface area contributed by atoms with Gasteiger partial charge in [0.15, 0.2) is 0 Å². The van der Waals surface area contributed by atoms with Crippen molar-refractivity contribution >= 4 is 23.6 Å². The largest absolute Gasteiger partial charge is 0.416 e. The molecule has 0 bridgehead atoms. The minimum absolute atomic E-state index is 0.136. The minimum atomic E-state index is -4.46. The van der Waals surface area contributed by atoms with Gasteiger partial charge >= 0.3 is 6.18 Å². The van der Waals surface area contributed by atoms with Crippen molar-refractivity contribution in [1.29, 1.82) is 0 Å². The first-order valence-electron chi connectivity index (χ1n) is 6.73. The monoisotopic (exact) mass is 339 g/mol. The molecule has 0 unspecified atom stereocenters. The Bertz CT molecular complexity index is 712. The lowest BCUT2D eigenvalue weighted by Crippen LogP contribution is -2.20. The summed E-state index contributed by atoms with van der Waals surface area (Å²) in [4.78, 5) is 11.7. The van der Waals surface area contributed by atoms with E-state index in [9.17, 15) is 18.0 Å². The molecule has 0 aromatic heterocycles. The van der Waals surface area contributed by atoms with Crippen LogP contribution in [-0.4, -0.2) is 5.91 Å². The fourth-order valence-electron chi connectivity index (χ4n) is 1.86. The third kappa shape index (κ3) is 5.14. The number of rotatable bonds is 4. The van der Waals surface area contributed by atoms with E-state index in [1.165, 1.54) is 6.08 Å². The van der Waals surface area contributed by atoms with Crippen LogP contribution in [0.15, 0.2) is 54.6 Å². The topological polar surface area (TPSA) is 29.1 Å². The number of benzene rings is 2. The van der Waals surface area contributed by atoms with Gasteiger partial charge in [0.25, 0.3) is 0 Å². The first-order chi connectivity index (χ1) is 10.9. The molecule has 0 spiro atoms. The normalized spacial score (nSPS) is 11.7. The molecule has 0 aliphatic carbocycles. The van der Waals surface area contributed by atoms with Gasteiger partial charge in [0.2, 0.25) is 5.91 Å². The van der Waals surface area contributed by atoms with E-state index in [2.05, 4.69) is 5.32 Å². The maximum Gasteiger partial charge on any atom is 0.416 e. The van der Waals surface area contributed by atoms with Gasteiger partial charge in [-0.25, -0.2) is 0 Å². The lowest BCUT2D eigenvalue weighted by molar-refractivity contribution is -0.137. The number of carbonyl (C=O) groups is 1. The zero-order valence-corrected chi connectivity index (χ0v) is 12.7. The van der Waals surface area contributed by atoms with Gasteiger partial charge < -0.3 is 5.32 Å². The fourth-order valence-corrected chi connectivity index (χ4v) is 2.04. The molecule has 23 heavy (non-hydrogen) atoms. The highest BCUT2D eigenvalue weighted by Gasteiger charge is 2.30. The van der Waals surface area contributed by atoms with E-state index in [0.717, 1.165) is 29.8 Å². The van der Waals surface area contributed by atoms with Crippen molar-refractivity contribution in [2.45, 2.75) is 12.7 Å². The third-order valence-electron chi connectivity index (χ3n) is 3.05. The molecule has 2 rings (SSSR count). The Morgan fingerprint density at radius 2 is 1.83 bits per heavy atom. The van der Waals surface area contributed by atoms with Crippen molar-refractivity contribution in [1.82, 2.24) is 5.32 Å². The van der Waals surface area contributed by atoms with E-state index in [1.807, 2.05) is 30.3 Å². The molecule has 2 aromatic carbocycles. The summed E-state index contributed by atoms with van der Waals surface area (Å²) in [5.74, 6) is -0.415. The molecule has 0 aliphatic heterocycles. The predicted molar refractivity (Wildman–Crippen MR) is 83.8 cm³/mol. The van der Waals surface area contributed by atoms with Gasteiger partial charge in [-0.15, -0.1) is 0 Å². The Morgan fingerprint density at radius 3 is 2.48 bits per heavy atom. The van der Waals surface area contributed by atoms with E-state index in [0.29, 0.717) is 6.54 Å². The number of hydrogen-bond acceptors (Lipinski definition) is 1. The van der Waals surface area contributed by atoms with Gasteiger partial charge in [0, 0.05) is 17.6 Å². The van der Waals surface area contributed by atoms with Crippen LogP contribution in [-0.2, 0) is 17.5 Å². The molecule has 2 aromatic rings. The lowest BCUT2D eigenvalue weighted by atomic mass is 10.1. The molecule has 0 fully saturated rings. The van der Waals surface area contributed by atoms with Gasteiger partial charge in [0.1, 0.15) is 0 Å². The van der Waals surface area contributed by atoms with Gasteiger partial charge in [-0.1, -0.05) is 41.9 Å². The molecular formula is C17H13ClF3NO. The van der Waals surface area contributed by atoms with Crippen LogP contribution in [0.3, 0.4) is 0 Å². The van der Waals surface area contributed by atoms with Crippen molar-refractivity contribution in [2.24, 2.45) is 0 Å². The molecule has 0 radical (unpaired) electrons. The molecule has 0 heterocycles. The summed E-state index contributed by atoms with van der Waals surface area (Å²) in [5, 5.41) is 2.79. The van der Waals surface area contributed by atoms with Crippen LogP contribution in [0.25, 0.3) is 6.08 Å². The first kappa shape index (κ1) is 17.1. The summed E-state index contributed by atoms with van der Waals surface area (Å²) < 4.78 is 38.0. The molecule has 0 saturated heterocycles. The Balaban J connectivity index is 2.03. The van der Waals surface area contributed by atoms with Crippen LogP contribution in [0.2, 0.25) is 5.02 Å². The quantitative estimate of drug-likeness (QED) is 0.804. The Kier molecular flexibility index (Phi) is 5.45. The average Bonchev–Trinajstić information content (AvgIpc) is 2.52. The van der Waals surface area contributed by atoms with Crippen molar-refractivity contribution in [3.8, 4) is 0 Å². The van der Waals surface area contributed by atoms with Gasteiger partial charge in [-0.3, -0.25) is 4.79 Å². The smallest absolute Gasteiger partial charge is 0.348 e. The van der Waals surface area contributed by atoms with E-state index < -0.39 is 17.6 Å². The zero-order chi connectivity index (χ0) is 16.9. The van der Waals surface area contributed by atoms with E-state index in [-0.39, 0.29) is 10.6 Å². The Hall–Kier alpha value is -2.27. The maximum absolute atomic E-state index is 12.7. The number of halogens is 4. The van der Waals surface area contributed by atoms with E-state index >= 15 is 0 Å². The lowest BCUT2D eigenvalue weighted by Gasteiger charge is -2.08. The standard InChI is InChI=1S/C17H13ClF3NO/c18-15-8-7-14(17(19,20)21)10-13(15)6-9-16(23)22-11-12-4-2-1-3-5-12/h1-10H,11H2,(H,22,23)/b9-6+. The van der Waals surface area contributed by atoms with Crippen LogP contribution in [0, 0.1) is 0 Å². The van der Waals surface area contributed by atoms with Gasteiger partial charge in [-0.05, 0) is 35.4 Å². The number of nitrogens with one attached hydrogen (secondary N) is 1. The van der Waals surface area contributed by atoms with Crippen LogP contribution in [0.5, 0.6) is 0 Å². The Morgan fingerprint density at radius 1 is 1.13 bits per heavy atom. The molecule has 6 heteroatoms. The Labute approximate surface area is 136 Å². The van der Waals surface area contributed by atoms with E-state index in [4.69, 9.17) is 11.6 Å². The van der Waals surface area contributed by atoms with Gasteiger partial charge in [0.05, 0.1) is 5.56 Å². The summed E-state index contributed by atoms with van der Waals surface area (Å²) in [6.07, 6.45) is -2.04. The molecule has 1 N–H and O–H groups in total. The number of amides is 1. The van der Waals surface area contributed by atoms with Crippen molar-refractivity contribution in [3.05, 3.63) is 76.3 Å². The maximum atomic E-state index is 12.7. The van der Waals surface area contributed by atoms with Crippen LogP contribution in [0.1, 0.15) is 16.7 Å². The number of hydrogen-bond donors (Lipinski definition) is 1. The third-order valence-corrected chi connectivity index (χ3v) is 3.39. The number of alkyl halides is 3. The van der Waals surface area contributed by atoms with Crippen molar-refractivity contribution in [2.75, 3.05) is 0 Å². The van der Waals surface area contributed by atoms with Crippen molar-refractivity contribution < 1.29 is 18.0 Å². The van der Waals surface area contributed by atoms with Crippen LogP contribution >= 0.6 is 11.6 Å². The first-order valence-corrected chi connectivity index (χ1v) is 7.10. The van der Waals surface area contributed by atoms with E-state index in [1.54, 1.807) is 0 Å². The summed E-state index contributed by atoms with van der Waals surface area (Å²) in [7, 11) is 0. The molecule has 2 nitrogen and oxygen atoms in total. The fraction of sp³-hybridized carbons (Fsp3) is 0.118. The zero-order valence-electron chi connectivity index (χ0n) is 11.9. The predicted octanol–water partition coefficient (Wildman–Crippen LogP) is 4.69. The van der Waals surface area contributed by atoms with Crippen LogP contribution < -0.4 is 5.32 Å². The second-order valence-corrected chi connectivity index (χ2v) is 5.18. The SMILES string of the molecule is O=C(/C=C/c1cc(C(F)(F)F)ccc1Cl)NCc1ccccc1. The minimum Gasteiger partial charge on any atom is -0.348 e. The van der Waals surface area contributed by atoms with Crippen molar-refractivity contribution in [3.63, 3.8) is 0 Å². The summed E-state index contributed by atoms with van der Waals surface area (Å²) in [6.45, 7) is 0.334. The average molecular weight is 340 g/mol. The molecule has 0 aliphatic rings. The molecular weight excluding hydrogens is 327 g/mol. The summed E-state index contributed by atoms with van der Waals surface area (Å²) in [5.41, 5.74) is 0.244. The highest BCUT2D eigenvalue weighted by molar-refractivity contribution is 6.32. The molecule has 120 valence electrons. The second kappa shape index (κ2) is 7.33. The summed E-state index contributed by atoms with van der Waals surface area (Å²) in [6, 6.07) is 12.2. The highest BCUT2D eigenvalue weighted by atomic mass is 35.5. The summed E-state index contributed by atoms with van der Waals surface area (Å²) >= 11 is 5.85. The highest BCUT2D eigenvalue weighted by Crippen LogP contribution is 2.32. The molecule has 0 atom stereocenters. The van der Waals surface area contributed by atoms with Gasteiger partial charge in [-0.2, -0.15) is 13.2 Å². The van der Waals surface area contributed by atoms with Crippen LogP contribution in [0.4, 0.5) is 13.2 Å². The number of carbonyl (C=O) groups excluding carboxylic acids is 1. The molecule has 1 amide bonds. The molecule has 0 saturated carbocycles. The second-order valence-electron chi connectivity index (χ2n) is 4.77.